The number of nitrogens with one attached hydrogen (secondary N) is 2. The van der Waals surface area contributed by atoms with Gasteiger partial charge in [0.05, 0.1) is 6.04 Å². The van der Waals surface area contributed by atoms with Crippen LogP contribution in [0.4, 0.5) is 14.6 Å². The van der Waals surface area contributed by atoms with Crippen LogP contribution in [-0.2, 0) is 9.47 Å². The van der Waals surface area contributed by atoms with Crippen molar-refractivity contribution >= 4 is 34.5 Å². The van der Waals surface area contributed by atoms with Crippen molar-refractivity contribution in [3.8, 4) is 11.1 Å². The van der Waals surface area contributed by atoms with Crippen LogP contribution in [-0.4, -0.2) is 41.5 Å². The van der Waals surface area contributed by atoms with Gasteiger partial charge in [0.15, 0.2) is 5.69 Å². The summed E-state index contributed by atoms with van der Waals surface area (Å²) in [5.41, 5.74) is 4.10. The maximum Gasteiger partial charge on any atom is 0.412 e. The largest absolute Gasteiger partial charge is 0.476 e. The summed E-state index contributed by atoms with van der Waals surface area (Å²) in [7, 11) is 0. The minimum Gasteiger partial charge on any atom is -0.476 e. The molecule has 180 valence electrons. The molecule has 0 bridgehead atoms. The number of rotatable bonds is 8. The van der Waals surface area contributed by atoms with E-state index < -0.39 is 24.2 Å². The molecule has 2 aromatic carbocycles. The predicted octanol–water partition coefficient (Wildman–Crippen LogP) is 5.18. The van der Waals surface area contributed by atoms with Crippen LogP contribution in [0.2, 0.25) is 0 Å². The van der Waals surface area contributed by atoms with E-state index in [9.17, 15) is 19.5 Å². The fourth-order valence-electron chi connectivity index (χ4n) is 3.89. The number of carbonyl (C=O) groups is 3. The zero-order valence-corrected chi connectivity index (χ0v) is 19.6. The summed E-state index contributed by atoms with van der Waals surface area (Å²) in [5.74, 6) is -1.40. The van der Waals surface area contributed by atoms with Crippen LogP contribution >= 0.6 is 11.3 Å². The number of carbonyl (C=O) groups excluding carboxylic acids is 2. The Kier molecular flexibility index (Phi) is 7.11. The first-order chi connectivity index (χ1) is 16.9. The van der Waals surface area contributed by atoms with Crippen LogP contribution in [0, 0.1) is 0 Å². The molecule has 1 aliphatic carbocycles. The van der Waals surface area contributed by atoms with Crippen LogP contribution < -0.4 is 10.6 Å². The Labute approximate surface area is 205 Å². The standard InChI is InChI=1S/C25H23N3O6S/c1-3-12-33-25(32)28-22-20(23(29)30)27-21(35-22)14(2)26-24(31)34-13-19-17-10-6-4-8-15(17)16-9-5-7-11-18(16)19/h3-11,14,19H,1,12-13H2,2H3,(H,26,31)(H,28,32)(H,29,30). The van der Waals surface area contributed by atoms with Crippen LogP contribution in [0.3, 0.4) is 0 Å². The SMILES string of the molecule is C=CCOC(=O)Nc1sc(C(C)NC(=O)OCC2c3ccccc3-c3ccccc32)nc1C(=O)O. The van der Waals surface area contributed by atoms with E-state index in [-0.39, 0.29) is 34.8 Å². The molecular weight excluding hydrogens is 470 g/mol. The molecular formula is C25H23N3O6S. The average molecular weight is 494 g/mol. The first-order valence-electron chi connectivity index (χ1n) is 10.8. The quantitative estimate of drug-likeness (QED) is 0.369. The van der Waals surface area contributed by atoms with Gasteiger partial charge < -0.3 is 19.9 Å². The van der Waals surface area contributed by atoms with E-state index >= 15 is 0 Å². The van der Waals surface area contributed by atoms with Crippen molar-refractivity contribution in [3.63, 3.8) is 0 Å². The van der Waals surface area contributed by atoms with Crippen LogP contribution in [0.1, 0.15) is 45.5 Å². The van der Waals surface area contributed by atoms with Gasteiger partial charge in [0.25, 0.3) is 0 Å². The summed E-state index contributed by atoms with van der Waals surface area (Å²) in [4.78, 5) is 40.0. The van der Waals surface area contributed by atoms with Gasteiger partial charge in [0.1, 0.15) is 23.2 Å². The summed E-state index contributed by atoms with van der Waals surface area (Å²) in [5, 5.41) is 14.7. The molecule has 0 spiro atoms. The van der Waals surface area contributed by atoms with E-state index in [1.54, 1.807) is 6.92 Å². The zero-order valence-electron chi connectivity index (χ0n) is 18.8. The normalized spacial score (nSPS) is 12.7. The van der Waals surface area contributed by atoms with Crippen molar-refractivity contribution in [2.24, 2.45) is 0 Å². The minimum atomic E-state index is -1.32. The Balaban J connectivity index is 1.41. The molecule has 10 heteroatoms. The third kappa shape index (κ3) is 5.17. The summed E-state index contributed by atoms with van der Waals surface area (Å²) in [6, 6.07) is 15.4. The lowest BCUT2D eigenvalue weighted by Gasteiger charge is -2.16. The van der Waals surface area contributed by atoms with Crippen LogP contribution in [0.5, 0.6) is 0 Å². The van der Waals surface area contributed by atoms with Crippen molar-refractivity contribution in [1.29, 1.82) is 0 Å². The number of nitrogens with zero attached hydrogens (tertiary/aromatic N) is 1. The molecule has 1 aromatic heterocycles. The molecule has 4 rings (SSSR count). The van der Waals surface area contributed by atoms with Gasteiger partial charge >= 0.3 is 18.2 Å². The highest BCUT2D eigenvalue weighted by Crippen LogP contribution is 2.44. The number of alkyl carbamates (subject to hydrolysis) is 1. The maximum atomic E-state index is 12.6. The Bertz CT molecular complexity index is 1240. The summed E-state index contributed by atoms with van der Waals surface area (Å²) in [6.07, 6.45) is -0.109. The maximum absolute atomic E-state index is 12.6. The van der Waals surface area contributed by atoms with Crippen molar-refractivity contribution in [3.05, 3.63) is 83.0 Å². The Morgan fingerprint density at radius 2 is 1.71 bits per heavy atom. The molecule has 1 aliphatic rings. The molecule has 2 amide bonds. The average Bonchev–Trinajstić information content (AvgIpc) is 3.41. The van der Waals surface area contributed by atoms with Gasteiger partial charge in [-0.05, 0) is 29.2 Å². The fraction of sp³-hybridized carbons (Fsp3) is 0.200. The number of aromatic carboxylic acids is 1. The van der Waals surface area contributed by atoms with Crippen molar-refractivity contribution in [2.75, 3.05) is 18.5 Å². The van der Waals surface area contributed by atoms with Gasteiger partial charge in [-0.25, -0.2) is 19.4 Å². The van der Waals surface area contributed by atoms with Crippen molar-refractivity contribution < 1.29 is 29.0 Å². The number of carboxylic acid groups (broad SMARTS) is 1. The molecule has 35 heavy (non-hydrogen) atoms. The predicted molar refractivity (Wildman–Crippen MR) is 131 cm³/mol. The molecule has 1 heterocycles. The minimum absolute atomic E-state index is 0.00255. The topological polar surface area (TPSA) is 127 Å². The molecule has 1 unspecified atom stereocenters. The highest BCUT2D eigenvalue weighted by Gasteiger charge is 2.29. The second-order valence-electron chi connectivity index (χ2n) is 7.74. The van der Waals surface area contributed by atoms with Gasteiger partial charge in [0.2, 0.25) is 0 Å². The number of aromatic nitrogens is 1. The number of benzene rings is 2. The van der Waals surface area contributed by atoms with Crippen molar-refractivity contribution in [2.45, 2.75) is 18.9 Å². The number of hydrogen-bond donors (Lipinski definition) is 3. The van der Waals surface area contributed by atoms with E-state index in [1.165, 1.54) is 6.08 Å². The molecule has 3 aromatic rings. The van der Waals surface area contributed by atoms with Crippen LogP contribution in [0.15, 0.2) is 61.2 Å². The fourth-order valence-corrected chi connectivity index (χ4v) is 4.84. The first-order valence-corrected chi connectivity index (χ1v) is 11.6. The second-order valence-corrected chi connectivity index (χ2v) is 8.77. The molecule has 0 radical (unpaired) electrons. The number of thiazole rings is 1. The summed E-state index contributed by atoms with van der Waals surface area (Å²) < 4.78 is 10.4. The smallest absolute Gasteiger partial charge is 0.412 e. The molecule has 3 N–H and O–H groups in total. The molecule has 0 saturated heterocycles. The summed E-state index contributed by atoms with van der Waals surface area (Å²) >= 11 is 0.925. The highest BCUT2D eigenvalue weighted by molar-refractivity contribution is 7.16. The van der Waals surface area contributed by atoms with E-state index in [1.807, 2.05) is 36.4 Å². The summed E-state index contributed by atoms with van der Waals surface area (Å²) in [6.45, 7) is 5.20. The third-order valence-corrected chi connectivity index (χ3v) is 6.60. The third-order valence-electron chi connectivity index (χ3n) is 5.44. The molecule has 0 fully saturated rings. The molecule has 0 saturated carbocycles. The molecule has 1 atom stereocenters. The number of anilines is 1. The highest BCUT2D eigenvalue weighted by atomic mass is 32.1. The number of hydrogen-bond acceptors (Lipinski definition) is 7. The van der Waals surface area contributed by atoms with E-state index in [0.717, 1.165) is 33.6 Å². The Morgan fingerprint density at radius 3 is 2.31 bits per heavy atom. The monoisotopic (exact) mass is 493 g/mol. The number of fused-ring (bicyclic) bond motifs is 3. The van der Waals surface area contributed by atoms with Gasteiger partial charge in [-0.2, -0.15) is 0 Å². The van der Waals surface area contributed by atoms with Gasteiger partial charge in [0, 0.05) is 5.92 Å². The van der Waals surface area contributed by atoms with E-state index in [0.29, 0.717) is 0 Å². The van der Waals surface area contributed by atoms with Gasteiger partial charge in [-0.15, -0.1) is 0 Å². The Morgan fingerprint density at radius 1 is 1.09 bits per heavy atom. The zero-order chi connectivity index (χ0) is 24.9. The van der Waals surface area contributed by atoms with Crippen LogP contribution in [0.25, 0.3) is 11.1 Å². The lowest BCUT2D eigenvalue weighted by molar-refractivity contribution is 0.0692. The van der Waals surface area contributed by atoms with Gasteiger partial charge in [-0.1, -0.05) is 72.5 Å². The molecule has 0 aliphatic heterocycles. The van der Waals surface area contributed by atoms with Gasteiger partial charge in [-0.3, -0.25) is 5.32 Å². The van der Waals surface area contributed by atoms with E-state index in [4.69, 9.17) is 9.47 Å². The lowest BCUT2D eigenvalue weighted by atomic mass is 9.98. The molecule has 9 nitrogen and oxygen atoms in total. The Hall–Kier alpha value is -4.18. The van der Waals surface area contributed by atoms with E-state index in [2.05, 4.69) is 34.3 Å². The number of amides is 2. The van der Waals surface area contributed by atoms with Crippen molar-refractivity contribution in [1.82, 2.24) is 10.3 Å². The second kappa shape index (κ2) is 10.4. The first kappa shape index (κ1) is 24.0. The number of ether oxygens (including phenoxy) is 2. The number of carboxylic acids is 1. The lowest BCUT2D eigenvalue weighted by Crippen LogP contribution is -2.28.